The second-order valence-electron chi connectivity index (χ2n) is 7.69. The first-order chi connectivity index (χ1) is 14.7. The fraction of sp³-hybridized carbons (Fsp3) is 0.600. The van der Waals surface area contributed by atoms with Crippen LogP contribution in [0, 0.1) is 6.92 Å². The molecule has 0 spiro atoms. The Hall–Kier alpha value is -2.17. The number of amides is 1. The molecule has 1 saturated heterocycles. The number of hydrogen-bond acceptors (Lipinski definition) is 8. The van der Waals surface area contributed by atoms with Gasteiger partial charge in [-0.15, -0.1) is 0 Å². The van der Waals surface area contributed by atoms with Crippen LogP contribution in [0.25, 0.3) is 0 Å². The lowest BCUT2D eigenvalue weighted by molar-refractivity contribution is 0.0531. The molecule has 1 amide bonds. The molecule has 3 rings (SSSR count). The summed E-state index contributed by atoms with van der Waals surface area (Å²) in [4.78, 5) is 41.4. The van der Waals surface area contributed by atoms with E-state index in [1.165, 1.54) is 11.3 Å². The Balaban J connectivity index is 1.71. The maximum atomic E-state index is 12.7. The number of thiazole rings is 1. The van der Waals surface area contributed by atoms with Gasteiger partial charge in [-0.05, 0) is 40.8 Å². The molecule has 0 bridgehead atoms. The highest BCUT2D eigenvalue weighted by Gasteiger charge is 2.34. The number of aryl methyl sites for hydroxylation is 2. The first-order valence-electron chi connectivity index (χ1n) is 10.4. The smallest absolute Gasteiger partial charge is 0.350 e. The summed E-state index contributed by atoms with van der Waals surface area (Å²) in [6, 6.07) is 0.00215. The van der Waals surface area contributed by atoms with Crippen molar-refractivity contribution in [1.82, 2.24) is 25.2 Å². The van der Waals surface area contributed by atoms with E-state index in [1.807, 2.05) is 27.9 Å². The van der Waals surface area contributed by atoms with Crippen LogP contribution in [0.3, 0.4) is 0 Å². The van der Waals surface area contributed by atoms with Gasteiger partial charge >= 0.3 is 5.97 Å². The molecule has 1 fully saturated rings. The maximum Gasteiger partial charge on any atom is 0.350 e. The van der Waals surface area contributed by atoms with Crippen molar-refractivity contribution in [2.75, 3.05) is 38.7 Å². The van der Waals surface area contributed by atoms with Gasteiger partial charge in [0.05, 0.1) is 18.0 Å². The molecule has 2 aromatic rings. The average Bonchev–Trinajstić information content (AvgIpc) is 3.30. The van der Waals surface area contributed by atoms with Crippen LogP contribution in [0.4, 0.5) is 5.13 Å². The summed E-state index contributed by atoms with van der Waals surface area (Å²) < 4.78 is 5.13. The second kappa shape index (κ2) is 9.97. The van der Waals surface area contributed by atoms with E-state index in [2.05, 4.69) is 30.1 Å². The van der Waals surface area contributed by atoms with E-state index < -0.39 is 0 Å². The predicted octanol–water partition coefficient (Wildman–Crippen LogP) is 2.51. The van der Waals surface area contributed by atoms with Gasteiger partial charge in [-0.3, -0.25) is 4.79 Å². The summed E-state index contributed by atoms with van der Waals surface area (Å²) in [6.45, 7) is 7.28. The van der Waals surface area contributed by atoms with E-state index in [4.69, 9.17) is 16.3 Å². The van der Waals surface area contributed by atoms with Gasteiger partial charge in [0, 0.05) is 25.2 Å². The highest BCUT2D eigenvalue weighted by molar-refractivity contribution is 7.17. The van der Waals surface area contributed by atoms with Gasteiger partial charge < -0.3 is 24.8 Å². The molecule has 1 aliphatic rings. The summed E-state index contributed by atoms with van der Waals surface area (Å²) in [6.07, 6.45) is 1.41. The van der Waals surface area contributed by atoms with Crippen molar-refractivity contribution in [1.29, 1.82) is 0 Å². The van der Waals surface area contributed by atoms with E-state index >= 15 is 0 Å². The van der Waals surface area contributed by atoms with Crippen LogP contribution < -0.4 is 10.2 Å². The lowest BCUT2D eigenvalue weighted by Gasteiger charge is -2.41. The first-order valence-corrected chi connectivity index (χ1v) is 11.6. The lowest BCUT2D eigenvalue weighted by atomic mass is 9.98. The van der Waals surface area contributed by atoms with Gasteiger partial charge in [-0.1, -0.05) is 29.9 Å². The minimum absolute atomic E-state index is 0.0571. The summed E-state index contributed by atoms with van der Waals surface area (Å²) in [5.74, 6) is -0.364. The lowest BCUT2D eigenvalue weighted by Crippen LogP contribution is -2.59. The number of likely N-dealkylation sites (N-methyl/N-ethyl adjacent to an activating group) is 1. The normalized spacial score (nSPS) is 19.0. The van der Waals surface area contributed by atoms with Gasteiger partial charge in [-0.2, -0.15) is 0 Å². The molecule has 31 heavy (non-hydrogen) atoms. The zero-order chi connectivity index (χ0) is 22.7. The average molecular weight is 469 g/mol. The zero-order valence-electron chi connectivity index (χ0n) is 18.5. The predicted molar refractivity (Wildman–Crippen MR) is 121 cm³/mol. The number of rotatable bonds is 7. The van der Waals surface area contributed by atoms with Crippen molar-refractivity contribution >= 4 is 39.9 Å². The highest BCUT2D eigenvalue weighted by Crippen LogP contribution is 2.30. The van der Waals surface area contributed by atoms with Crippen molar-refractivity contribution in [2.45, 2.75) is 45.7 Å². The Morgan fingerprint density at radius 2 is 2.10 bits per heavy atom. The fourth-order valence-corrected chi connectivity index (χ4v) is 4.93. The van der Waals surface area contributed by atoms with Crippen LogP contribution >= 0.6 is 22.9 Å². The van der Waals surface area contributed by atoms with E-state index in [9.17, 15) is 9.59 Å². The Labute approximate surface area is 191 Å². The highest BCUT2D eigenvalue weighted by atomic mass is 35.5. The number of imidazole rings is 1. The number of carbonyl (C=O) groups is 2. The third-order valence-corrected chi connectivity index (χ3v) is 6.89. The number of aromatic amines is 1. The number of nitrogens with zero attached hydrogens (tertiary/aromatic N) is 4. The minimum Gasteiger partial charge on any atom is -0.462 e. The Bertz CT molecular complexity index is 943. The van der Waals surface area contributed by atoms with Gasteiger partial charge in [0.25, 0.3) is 5.91 Å². The van der Waals surface area contributed by atoms with Gasteiger partial charge in [0.2, 0.25) is 0 Å². The molecule has 0 saturated carbocycles. The number of aromatic nitrogens is 3. The molecule has 3 heterocycles. The van der Waals surface area contributed by atoms with Crippen LogP contribution in [-0.4, -0.2) is 77.6 Å². The minimum atomic E-state index is -0.335. The molecule has 1 aliphatic heterocycles. The summed E-state index contributed by atoms with van der Waals surface area (Å²) in [5.41, 5.74) is 1.43. The molecule has 170 valence electrons. The van der Waals surface area contributed by atoms with Crippen molar-refractivity contribution in [3.05, 3.63) is 27.2 Å². The largest absolute Gasteiger partial charge is 0.462 e. The number of ether oxygens (including phenoxy) is 1. The topological polar surface area (TPSA) is 103 Å². The fourth-order valence-electron chi connectivity index (χ4n) is 3.67. The Morgan fingerprint density at radius 1 is 1.35 bits per heavy atom. The number of piperidine rings is 1. The van der Waals surface area contributed by atoms with E-state index in [0.717, 1.165) is 17.2 Å². The molecular formula is C20H29ClN6O3S. The van der Waals surface area contributed by atoms with Gasteiger partial charge in [-0.25, -0.2) is 14.8 Å². The quantitative estimate of drug-likeness (QED) is 0.601. The van der Waals surface area contributed by atoms with Crippen LogP contribution in [0.5, 0.6) is 0 Å². The third kappa shape index (κ3) is 5.19. The molecule has 0 unspecified atom stereocenters. The van der Waals surface area contributed by atoms with Crippen LogP contribution in [0.1, 0.15) is 51.9 Å². The van der Waals surface area contributed by atoms with Crippen molar-refractivity contribution < 1.29 is 14.3 Å². The number of hydrogen-bond donors (Lipinski definition) is 2. The van der Waals surface area contributed by atoms with E-state index in [0.29, 0.717) is 41.8 Å². The number of anilines is 1. The SMILES string of the molecule is CCOC(=O)c1sc(N2CC[C@H](NC(=O)c3nc(Cl)c(CC)[nH]3)[C@@H](N(C)C)C2)nc1C. The van der Waals surface area contributed by atoms with Crippen molar-refractivity contribution in [3.63, 3.8) is 0 Å². The summed E-state index contributed by atoms with van der Waals surface area (Å²) >= 11 is 7.43. The van der Waals surface area contributed by atoms with E-state index in [-0.39, 0.29) is 29.8 Å². The molecule has 9 nitrogen and oxygen atoms in total. The monoisotopic (exact) mass is 468 g/mol. The van der Waals surface area contributed by atoms with Crippen LogP contribution in [-0.2, 0) is 11.2 Å². The number of esters is 1. The number of halogens is 1. The molecule has 0 aliphatic carbocycles. The van der Waals surface area contributed by atoms with Crippen molar-refractivity contribution in [2.24, 2.45) is 0 Å². The standard InChI is InChI=1S/C20H29ClN6O3S/c1-6-12-16(21)25-17(23-12)18(28)24-13-8-9-27(10-14(13)26(4)5)20-22-11(3)15(31-20)19(29)30-7-2/h13-14H,6-10H2,1-5H3,(H,23,25)(H,24,28)/t13-,14-/m0/s1. The molecule has 2 N–H and O–H groups in total. The third-order valence-electron chi connectivity index (χ3n) is 5.38. The molecular weight excluding hydrogens is 440 g/mol. The molecule has 0 aromatic carbocycles. The first kappa shape index (κ1) is 23.5. The maximum absolute atomic E-state index is 12.7. The molecule has 2 atom stereocenters. The molecule has 11 heteroatoms. The zero-order valence-corrected chi connectivity index (χ0v) is 20.1. The van der Waals surface area contributed by atoms with Gasteiger partial charge in [0.15, 0.2) is 16.1 Å². The Morgan fingerprint density at radius 3 is 2.71 bits per heavy atom. The molecule has 0 radical (unpaired) electrons. The van der Waals surface area contributed by atoms with Gasteiger partial charge in [0.1, 0.15) is 4.88 Å². The number of H-pyrrole nitrogens is 1. The number of carbonyl (C=O) groups excluding carboxylic acids is 2. The van der Waals surface area contributed by atoms with E-state index in [1.54, 1.807) is 6.92 Å². The number of nitrogens with one attached hydrogen (secondary N) is 2. The second-order valence-corrected chi connectivity index (χ2v) is 9.02. The summed E-state index contributed by atoms with van der Waals surface area (Å²) in [5, 5.41) is 4.23. The summed E-state index contributed by atoms with van der Waals surface area (Å²) in [7, 11) is 3.98. The Kier molecular flexibility index (Phi) is 7.55. The van der Waals surface area contributed by atoms with Crippen LogP contribution in [0.15, 0.2) is 0 Å². The van der Waals surface area contributed by atoms with Crippen LogP contribution in [0.2, 0.25) is 5.15 Å². The molecule has 2 aromatic heterocycles. The van der Waals surface area contributed by atoms with Crippen molar-refractivity contribution in [3.8, 4) is 0 Å².